The number of hydrogen-bond donors (Lipinski definition) is 1. The van der Waals surface area contributed by atoms with Gasteiger partial charge in [-0.15, -0.1) is 5.10 Å². The lowest BCUT2D eigenvalue weighted by Gasteiger charge is -2.07. The Labute approximate surface area is 153 Å². The van der Waals surface area contributed by atoms with Crippen molar-refractivity contribution in [1.29, 1.82) is 0 Å². The summed E-state index contributed by atoms with van der Waals surface area (Å²) in [6.45, 7) is 0. The molecular formula is C19H15N3O5. The first kappa shape index (κ1) is 16.6. The second kappa shape index (κ2) is 6.83. The van der Waals surface area contributed by atoms with E-state index in [1.165, 1.54) is 7.11 Å². The summed E-state index contributed by atoms with van der Waals surface area (Å²) in [4.78, 5) is 12.4. The number of nitrogens with zero attached hydrogens (tertiary/aromatic N) is 2. The standard InChI is InChI=1S/C19H15N3O5/c1-24-12-7-8-15(25-2)13(10-12)18-21-22-19(27-18)20-17(23)16-9-11-5-3-4-6-14(11)26-16/h3-10H,1-2H3,(H,20,22,23). The van der Waals surface area contributed by atoms with Gasteiger partial charge in [0.15, 0.2) is 5.76 Å². The van der Waals surface area contributed by atoms with Gasteiger partial charge in [0.05, 0.1) is 19.8 Å². The van der Waals surface area contributed by atoms with Crippen LogP contribution in [0.15, 0.2) is 57.4 Å². The summed E-state index contributed by atoms with van der Waals surface area (Å²) >= 11 is 0. The largest absolute Gasteiger partial charge is 0.497 e. The van der Waals surface area contributed by atoms with Crippen molar-refractivity contribution in [3.8, 4) is 23.0 Å². The van der Waals surface area contributed by atoms with Gasteiger partial charge in [-0.2, -0.15) is 0 Å². The molecule has 0 bridgehead atoms. The first-order valence-electron chi connectivity index (χ1n) is 8.04. The Balaban J connectivity index is 1.58. The van der Waals surface area contributed by atoms with Crippen LogP contribution in [0.3, 0.4) is 0 Å². The van der Waals surface area contributed by atoms with E-state index in [2.05, 4.69) is 15.5 Å². The summed E-state index contributed by atoms with van der Waals surface area (Å²) in [5.74, 6) is 0.992. The maximum atomic E-state index is 12.4. The maximum absolute atomic E-state index is 12.4. The molecule has 0 aliphatic rings. The number of rotatable bonds is 5. The van der Waals surface area contributed by atoms with Gasteiger partial charge < -0.3 is 18.3 Å². The van der Waals surface area contributed by atoms with Crippen molar-refractivity contribution >= 4 is 22.9 Å². The van der Waals surface area contributed by atoms with E-state index in [1.54, 1.807) is 37.4 Å². The van der Waals surface area contributed by atoms with Crippen molar-refractivity contribution in [1.82, 2.24) is 10.2 Å². The fourth-order valence-corrected chi connectivity index (χ4v) is 2.62. The lowest BCUT2D eigenvalue weighted by molar-refractivity contribution is 0.0996. The van der Waals surface area contributed by atoms with Gasteiger partial charge in [-0.3, -0.25) is 10.1 Å². The van der Waals surface area contributed by atoms with E-state index in [-0.39, 0.29) is 17.7 Å². The van der Waals surface area contributed by atoms with Crippen LogP contribution >= 0.6 is 0 Å². The van der Waals surface area contributed by atoms with Crippen molar-refractivity contribution in [2.45, 2.75) is 0 Å². The number of furan rings is 1. The zero-order valence-electron chi connectivity index (χ0n) is 14.6. The second-order valence-electron chi connectivity index (χ2n) is 5.58. The molecule has 136 valence electrons. The molecule has 2 heterocycles. The molecule has 0 atom stereocenters. The lowest BCUT2D eigenvalue weighted by Crippen LogP contribution is -2.10. The minimum Gasteiger partial charge on any atom is -0.497 e. The number of aromatic nitrogens is 2. The van der Waals surface area contributed by atoms with E-state index in [9.17, 15) is 4.79 Å². The van der Waals surface area contributed by atoms with Crippen LogP contribution < -0.4 is 14.8 Å². The molecule has 0 spiro atoms. The number of nitrogens with one attached hydrogen (secondary N) is 1. The SMILES string of the molecule is COc1ccc(OC)c(-c2nnc(NC(=O)c3cc4ccccc4o3)o2)c1. The number of para-hydroxylation sites is 1. The van der Waals surface area contributed by atoms with Gasteiger partial charge in [-0.25, -0.2) is 0 Å². The van der Waals surface area contributed by atoms with Crippen LogP contribution in [-0.4, -0.2) is 30.3 Å². The summed E-state index contributed by atoms with van der Waals surface area (Å²) < 4.78 is 21.6. The summed E-state index contributed by atoms with van der Waals surface area (Å²) in [7, 11) is 3.09. The van der Waals surface area contributed by atoms with Gasteiger partial charge in [0.25, 0.3) is 11.8 Å². The average Bonchev–Trinajstić information content (AvgIpc) is 3.34. The van der Waals surface area contributed by atoms with Gasteiger partial charge in [-0.1, -0.05) is 23.3 Å². The smallest absolute Gasteiger partial charge is 0.322 e. The topological polar surface area (TPSA) is 99.6 Å². The molecule has 8 nitrogen and oxygen atoms in total. The van der Waals surface area contributed by atoms with Crippen LogP contribution in [-0.2, 0) is 0 Å². The molecule has 4 aromatic rings. The van der Waals surface area contributed by atoms with Crippen LogP contribution in [0.25, 0.3) is 22.4 Å². The molecule has 0 radical (unpaired) electrons. The Morgan fingerprint density at radius 1 is 1.00 bits per heavy atom. The molecule has 4 rings (SSSR count). The van der Waals surface area contributed by atoms with Crippen LogP contribution in [0.5, 0.6) is 11.5 Å². The fourth-order valence-electron chi connectivity index (χ4n) is 2.62. The third-order valence-electron chi connectivity index (χ3n) is 3.93. The molecule has 0 saturated heterocycles. The number of carbonyl (C=O) groups is 1. The van der Waals surface area contributed by atoms with Crippen molar-refractivity contribution < 1.29 is 23.1 Å². The molecule has 2 aromatic heterocycles. The molecule has 0 unspecified atom stereocenters. The van der Waals surface area contributed by atoms with Crippen molar-refractivity contribution in [2.75, 3.05) is 19.5 Å². The molecule has 27 heavy (non-hydrogen) atoms. The number of benzene rings is 2. The van der Waals surface area contributed by atoms with Gasteiger partial charge in [0.2, 0.25) is 0 Å². The number of amides is 1. The van der Waals surface area contributed by atoms with Crippen molar-refractivity contribution in [3.05, 3.63) is 54.3 Å². The molecule has 1 amide bonds. The first-order chi connectivity index (χ1) is 13.2. The normalized spacial score (nSPS) is 10.7. The Morgan fingerprint density at radius 2 is 1.85 bits per heavy atom. The summed E-state index contributed by atoms with van der Waals surface area (Å²) in [6.07, 6.45) is 0. The molecular weight excluding hydrogens is 350 g/mol. The van der Waals surface area contributed by atoms with Crippen LogP contribution in [0.2, 0.25) is 0 Å². The number of anilines is 1. The van der Waals surface area contributed by atoms with E-state index in [0.717, 1.165) is 5.39 Å². The number of hydrogen-bond acceptors (Lipinski definition) is 7. The third-order valence-corrected chi connectivity index (χ3v) is 3.93. The monoisotopic (exact) mass is 365 g/mol. The first-order valence-corrected chi connectivity index (χ1v) is 8.04. The summed E-state index contributed by atoms with van der Waals surface area (Å²) in [6, 6.07) is 14.1. The number of ether oxygens (including phenoxy) is 2. The van der Waals surface area contributed by atoms with E-state index < -0.39 is 5.91 Å². The molecule has 0 saturated carbocycles. The molecule has 0 aliphatic heterocycles. The third kappa shape index (κ3) is 3.20. The highest BCUT2D eigenvalue weighted by Gasteiger charge is 2.18. The van der Waals surface area contributed by atoms with Crippen LogP contribution in [0, 0.1) is 0 Å². The van der Waals surface area contributed by atoms with Crippen molar-refractivity contribution in [2.24, 2.45) is 0 Å². The van der Waals surface area contributed by atoms with Crippen LogP contribution in [0.4, 0.5) is 6.01 Å². The summed E-state index contributed by atoms with van der Waals surface area (Å²) in [5.41, 5.74) is 1.17. The predicted octanol–water partition coefficient (Wildman–Crippen LogP) is 3.75. The molecule has 2 aromatic carbocycles. The maximum Gasteiger partial charge on any atom is 0.322 e. The fraction of sp³-hybridized carbons (Fsp3) is 0.105. The molecule has 8 heteroatoms. The van der Waals surface area contributed by atoms with E-state index in [4.69, 9.17) is 18.3 Å². The lowest BCUT2D eigenvalue weighted by atomic mass is 10.2. The second-order valence-corrected chi connectivity index (χ2v) is 5.58. The number of carbonyl (C=O) groups excluding carboxylic acids is 1. The minimum absolute atomic E-state index is 0.0553. The van der Waals surface area contributed by atoms with Gasteiger partial charge >= 0.3 is 6.01 Å². The highest BCUT2D eigenvalue weighted by molar-refractivity contribution is 6.03. The van der Waals surface area contributed by atoms with Crippen LogP contribution in [0.1, 0.15) is 10.6 Å². The Kier molecular flexibility index (Phi) is 4.21. The number of fused-ring (bicyclic) bond motifs is 1. The van der Waals surface area contributed by atoms with Crippen molar-refractivity contribution in [3.63, 3.8) is 0 Å². The molecule has 1 N–H and O–H groups in total. The quantitative estimate of drug-likeness (QED) is 0.575. The molecule has 0 fully saturated rings. The Morgan fingerprint density at radius 3 is 2.63 bits per heavy atom. The number of methoxy groups -OCH3 is 2. The summed E-state index contributed by atoms with van der Waals surface area (Å²) in [5, 5.41) is 11.2. The minimum atomic E-state index is -0.487. The Hall–Kier alpha value is -3.81. The zero-order valence-corrected chi connectivity index (χ0v) is 14.6. The van der Waals surface area contributed by atoms with Gasteiger partial charge in [0.1, 0.15) is 17.1 Å². The predicted molar refractivity (Wildman–Crippen MR) is 97.0 cm³/mol. The zero-order chi connectivity index (χ0) is 18.8. The average molecular weight is 365 g/mol. The Bertz CT molecular complexity index is 1080. The van der Waals surface area contributed by atoms with Gasteiger partial charge in [-0.05, 0) is 30.3 Å². The van der Waals surface area contributed by atoms with Gasteiger partial charge in [0, 0.05) is 5.39 Å². The molecule has 0 aliphatic carbocycles. The highest BCUT2D eigenvalue weighted by atomic mass is 16.5. The van der Waals surface area contributed by atoms with E-state index in [1.807, 2.05) is 18.2 Å². The van der Waals surface area contributed by atoms with E-state index >= 15 is 0 Å². The van der Waals surface area contributed by atoms with E-state index in [0.29, 0.717) is 22.6 Å². The highest BCUT2D eigenvalue weighted by Crippen LogP contribution is 2.33.